The van der Waals surface area contributed by atoms with Crippen LogP contribution in [0.15, 0.2) is 34.2 Å². The predicted octanol–water partition coefficient (Wildman–Crippen LogP) is 4.23. The zero-order valence-corrected chi connectivity index (χ0v) is 9.66. The molecule has 0 spiro atoms. The Hall–Kier alpha value is -0.380. The third-order valence-electron chi connectivity index (χ3n) is 1.61. The van der Waals surface area contributed by atoms with E-state index in [0.29, 0.717) is 0 Å². The fourth-order valence-electron chi connectivity index (χ4n) is 1.05. The van der Waals surface area contributed by atoms with Crippen molar-refractivity contribution in [2.45, 2.75) is 0 Å². The molecule has 4 heteroatoms. The molecule has 0 aliphatic heterocycles. The minimum atomic E-state index is 0.726. The van der Waals surface area contributed by atoms with Crippen LogP contribution in [0.5, 0.6) is 0 Å². The number of benzene rings is 1. The summed E-state index contributed by atoms with van der Waals surface area (Å²) in [5.74, 6) is 0. The fraction of sp³-hybridized carbons (Fsp3) is 0. The molecule has 0 aliphatic carbocycles. The Labute approximate surface area is 93.5 Å². The Morgan fingerprint density at radius 2 is 2.23 bits per heavy atom. The molecule has 0 saturated heterocycles. The first-order chi connectivity index (χ1) is 6.29. The van der Waals surface area contributed by atoms with Gasteiger partial charge in [-0.15, -0.1) is 11.3 Å². The van der Waals surface area contributed by atoms with Crippen LogP contribution in [-0.4, -0.2) is 4.98 Å². The maximum atomic E-state index is 6.06. The SMILES string of the molecule is Clc1cccc(Br)c1-c1nccs1. The van der Waals surface area contributed by atoms with Gasteiger partial charge in [-0.25, -0.2) is 4.98 Å². The number of hydrogen-bond donors (Lipinski definition) is 0. The van der Waals surface area contributed by atoms with E-state index in [-0.39, 0.29) is 0 Å². The van der Waals surface area contributed by atoms with Crippen LogP contribution in [0.1, 0.15) is 0 Å². The maximum absolute atomic E-state index is 6.06. The van der Waals surface area contributed by atoms with Crippen molar-refractivity contribution < 1.29 is 0 Å². The Bertz CT molecular complexity index is 393. The van der Waals surface area contributed by atoms with Gasteiger partial charge < -0.3 is 0 Å². The average Bonchev–Trinajstić information content (AvgIpc) is 2.57. The van der Waals surface area contributed by atoms with Crippen molar-refractivity contribution in [1.82, 2.24) is 4.98 Å². The third-order valence-corrected chi connectivity index (χ3v) is 3.38. The normalized spacial score (nSPS) is 10.3. The van der Waals surface area contributed by atoms with E-state index in [2.05, 4.69) is 20.9 Å². The molecule has 0 bridgehead atoms. The monoisotopic (exact) mass is 273 g/mol. The molecule has 1 aromatic heterocycles. The Kier molecular flexibility index (Phi) is 2.67. The highest BCUT2D eigenvalue weighted by Crippen LogP contribution is 2.35. The highest BCUT2D eigenvalue weighted by atomic mass is 79.9. The minimum absolute atomic E-state index is 0.726. The molecule has 0 fully saturated rings. The van der Waals surface area contributed by atoms with Gasteiger partial charge >= 0.3 is 0 Å². The summed E-state index contributed by atoms with van der Waals surface area (Å²) in [4.78, 5) is 4.21. The molecule has 1 heterocycles. The molecule has 0 saturated carbocycles. The van der Waals surface area contributed by atoms with E-state index in [1.54, 1.807) is 17.5 Å². The summed E-state index contributed by atoms with van der Waals surface area (Å²) in [5, 5.41) is 3.60. The topological polar surface area (TPSA) is 12.9 Å². The summed E-state index contributed by atoms with van der Waals surface area (Å²) in [6.45, 7) is 0. The molecule has 13 heavy (non-hydrogen) atoms. The number of thiazole rings is 1. The van der Waals surface area contributed by atoms with Crippen molar-refractivity contribution >= 4 is 38.9 Å². The summed E-state index contributed by atoms with van der Waals surface area (Å²) in [5.41, 5.74) is 0.971. The molecule has 0 aliphatic rings. The number of aromatic nitrogens is 1. The van der Waals surface area contributed by atoms with Crippen molar-refractivity contribution in [2.75, 3.05) is 0 Å². The number of nitrogens with zero attached hydrogens (tertiary/aromatic N) is 1. The van der Waals surface area contributed by atoms with Crippen LogP contribution in [0.25, 0.3) is 10.6 Å². The highest BCUT2D eigenvalue weighted by molar-refractivity contribution is 9.10. The molecular weight excluding hydrogens is 270 g/mol. The summed E-state index contributed by atoms with van der Waals surface area (Å²) < 4.78 is 0.981. The van der Waals surface area contributed by atoms with E-state index in [1.165, 1.54) is 0 Å². The standard InChI is InChI=1S/C9H5BrClNS/c10-6-2-1-3-7(11)8(6)9-12-4-5-13-9/h1-5H. The molecule has 2 aromatic rings. The fourth-order valence-corrected chi connectivity index (χ4v) is 2.88. The van der Waals surface area contributed by atoms with Gasteiger partial charge in [0.25, 0.3) is 0 Å². The molecule has 0 atom stereocenters. The lowest BCUT2D eigenvalue weighted by atomic mass is 10.2. The van der Waals surface area contributed by atoms with Crippen molar-refractivity contribution in [3.05, 3.63) is 39.3 Å². The van der Waals surface area contributed by atoms with Crippen LogP contribution in [0, 0.1) is 0 Å². The van der Waals surface area contributed by atoms with E-state index in [1.807, 2.05) is 23.6 Å². The summed E-state index contributed by atoms with van der Waals surface area (Å²) in [6.07, 6.45) is 1.77. The lowest BCUT2D eigenvalue weighted by molar-refractivity contribution is 1.41. The van der Waals surface area contributed by atoms with E-state index in [4.69, 9.17) is 11.6 Å². The van der Waals surface area contributed by atoms with E-state index >= 15 is 0 Å². The zero-order chi connectivity index (χ0) is 9.26. The van der Waals surface area contributed by atoms with Crippen LogP contribution in [0.2, 0.25) is 5.02 Å². The summed E-state index contributed by atoms with van der Waals surface area (Å²) in [7, 11) is 0. The quantitative estimate of drug-likeness (QED) is 0.758. The summed E-state index contributed by atoms with van der Waals surface area (Å²) >= 11 is 11.1. The largest absolute Gasteiger partial charge is 0.244 e. The van der Waals surface area contributed by atoms with Crippen LogP contribution in [0.3, 0.4) is 0 Å². The van der Waals surface area contributed by atoms with Gasteiger partial charge in [-0.3, -0.25) is 0 Å². The minimum Gasteiger partial charge on any atom is -0.244 e. The zero-order valence-electron chi connectivity index (χ0n) is 6.50. The van der Waals surface area contributed by atoms with E-state index < -0.39 is 0 Å². The maximum Gasteiger partial charge on any atom is 0.125 e. The van der Waals surface area contributed by atoms with Crippen molar-refractivity contribution in [1.29, 1.82) is 0 Å². The molecule has 2 rings (SSSR count). The van der Waals surface area contributed by atoms with Gasteiger partial charge in [-0.1, -0.05) is 33.6 Å². The van der Waals surface area contributed by atoms with Crippen LogP contribution in [0.4, 0.5) is 0 Å². The molecule has 66 valence electrons. The second kappa shape index (κ2) is 3.78. The molecule has 0 radical (unpaired) electrons. The molecule has 1 aromatic carbocycles. The summed E-state index contributed by atoms with van der Waals surface area (Å²) in [6, 6.07) is 5.73. The second-order valence-corrected chi connectivity index (χ2v) is 4.59. The van der Waals surface area contributed by atoms with Crippen molar-refractivity contribution in [2.24, 2.45) is 0 Å². The number of halogens is 2. The molecule has 0 N–H and O–H groups in total. The van der Waals surface area contributed by atoms with Gasteiger partial charge in [-0.2, -0.15) is 0 Å². The van der Waals surface area contributed by atoms with Gasteiger partial charge in [0.2, 0.25) is 0 Å². The number of rotatable bonds is 1. The van der Waals surface area contributed by atoms with E-state index in [0.717, 1.165) is 20.1 Å². The second-order valence-electron chi connectivity index (χ2n) is 2.43. The van der Waals surface area contributed by atoms with Gasteiger partial charge in [0, 0.05) is 21.6 Å². The van der Waals surface area contributed by atoms with Crippen molar-refractivity contribution in [3.63, 3.8) is 0 Å². The van der Waals surface area contributed by atoms with E-state index in [9.17, 15) is 0 Å². The Balaban J connectivity index is 2.64. The Morgan fingerprint density at radius 3 is 2.85 bits per heavy atom. The lowest BCUT2D eigenvalue weighted by Crippen LogP contribution is -1.79. The molecule has 0 amide bonds. The van der Waals surface area contributed by atoms with Gasteiger partial charge in [-0.05, 0) is 12.1 Å². The first kappa shape index (κ1) is 9.19. The van der Waals surface area contributed by atoms with Crippen molar-refractivity contribution in [3.8, 4) is 10.6 Å². The molecule has 0 unspecified atom stereocenters. The van der Waals surface area contributed by atoms with Gasteiger partial charge in [0.1, 0.15) is 5.01 Å². The van der Waals surface area contributed by atoms with Gasteiger partial charge in [0.05, 0.1) is 5.02 Å². The van der Waals surface area contributed by atoms with Crippen LogP contribution < -0.4 is 0 Å². The number of hydrogen-bond acceptors (Lipinski definition) is 2. The first-order valence-electron chi connectivity index (χ1n) is 3.63. The van der Waals surface area contributed by atoms with Gasteiger partial charge in [0.15, 0.2) is 0 Å². The predicted molar refractivity (Wildman–Crippen MR) is 60.3 cm³/mol. The van der Waals surface area contributed by atoms with Crippen LogP contribution >= 0.6 is 38.9 Å². The third kappa shape index (κ3) is 1.77. The first-order valence-corrected chi connectivity index (χ1v) is 5.68. The average molecular weight is 275 g/mol. The molecular formula is C9H5BrClNS. The Morgan fingerprint density at radius 1 is 1.38 bits per heavy atom. The smallest absolute Gasteiger partial charge is 0.125 e. The highest BCUT2D eigenvalue weighted by Gasteiger charge is 2.08. The van der Waals surface area contributed by atoms with Crippen LogP contribution in [-0.2, 0) is 0 Å². The lowest BCUT2D eigenvalue weighted by Gasteiger charge is -2.02. The molecule has 1 nitrogen and oxygen atoms in total.